The number of carboxylic acid groups (broad SMARTS) is 1. The number of rotatable bonds is 21. The van der Waals surface area contributed by atoms with E-state index < -0.39 is 78.2 Å². The smallest absolute Gasteiger partial charge is 0.335 e. The van der Waals surface area contributed by atoms with E-state index in [2.05, 4.69) is 49.5 Å². The summed E-state index contributed by atoms with van der Waals surface area (Å²) in [5.41, 5.74) is 28.0. The van der Waals surface area contributed by atoms with Crippen molar-refractivity contribution >= 4 is 65.7 Å². The molecule has 0 radical (unpaired) electrons. The number of hydrogen-bond acceptors (Lipinski definition) is 12. The van der Waals surface area contributed by atoms with Crippen molar-refractivity contribution in [1.29, 1.82) is 0 Å². The second-order valence-electron chi connectivity index (χ2n) is 10.6. The van der Waals surface area contributed by atoms with Crippen molar-refractivity contribution in [3.63, 3.8) is 0 Å². The molecule has 0 bridgehead atoms. The molecule has 0 saturated carbocycles. The van der Waals surface area contributed by atoms with Crippen LogP contribution in [0.15, 0.2) is 29.3 Å². The normalized spacial score (nSPS) is 13.7. The lowest BCUT2D eigenvalue weighted by atomic mass is 10.1. The van der Waals surface area contributed by atoms with Crippen LogP contribution in [0.3, 0.4) is 0 Å². The highest BCUT2D eigenvalue weighted by Gasteiger charge is 2.31. The molecule has 5 atom stereocenters. The van der Waals surface area contributed by atoms with Crippen molar-refractivity contribution in [3.8, 4) is 0 Å². The number of aliphatic imine (C=N–C) groups is 1. The highest BCUT2D eigenvalue weighted by molar-refractivity contribution is 7.81. The van der Waals surface area contributed by atoms with Gasteiger partial charge in [-0.1, -0.05) is 0 Å². The fourth-order valence-corrected chi connectivity index (χ4v) is 4.15. The number of nitrogens with one attached hydrogen (secondary N) is 6. The summed E-state index contributed by atoms with van der Waals surface area (Å²) < 4.78 is 0. The van der Waals surface area contributed by atoms with Gasteiger partial charge >= 0.3 is 5.97 Å². The van der Waals surface area contributed by atoms with Crippen molar-refractivity contribution in [1.82, 2.24) is 26.6 Å². The summed E-state index contributed by atoms with van der Waals surface area (Å²) in [4.78, 5) is 91.6. The van der Waals surface area contributed by atoms with Crippen LogP contribution in [0.2, 0.25) is 0 Å². The molecule has 6 amide bonds. The van der Waals surface area contributed by atoms with Gasteiger partial charge in [0.05, 0.1) is 11.3 Å². The zero-order chi connectivity index (χ0) is 37.1. The molecule has 0 saturated heterocycles. The van der Waals surface area contributed by atoms with Crippen LogP contribution < -0.4 is 60.6 Å². The van der Waals surface area contributed by atoms with Crippen molar-refractivity contribution in [3.05, 3.63) is 29.8 Å². The molecule has 0 aliphatic heterocycles. The van der Waals surface area contributed by atoms with Gasteiger partial charge in [-0.25, -0.2) is 4.79 Å². The zero-order valence-corrected chi connectivity index (χ0v) is 27.8. The number of carbonyl (C=O) groups is 7. The molecule has 0 unspecified atom stereocenters. The molecular formula is C28H46N12O8S. The monoisotopic (exact) mass is 710 g/mol. The Kier molecular flexibility index (Phi) is 18.7. The Morgan fingerprint density at radius 1 is 0.735 bits per heavy atom. The van der Waals surface area contributed by atoms with Gasteiger partial charge in [0.1, 0.15) is 30.2 Å². The first-order valence-corrected chi connectivity index (χ1v) is 15.7. The van der Waals surface area contributed by atoms with E-state index in [9.17, 15) is 33.6 Å². The molecule has 49 heavy (non-hydrogen) atoms. The summed E-state index contributed by atoms with van der Waals surface area (Å²) in [5.74, 6) is -5.92. The van der Waals surface area contributed by atoms with Crippen LogP contribution in [0.4, 0.5) is 5.69 Å². The number of hydrogen-bond donors (Lipinski definition) is 13. The summed E-state index contributed by atoms with van der Waals surface area (Å²) >= 11 is 3.85. The molecule has 17 N–H and O–H groups in total. The molecule has 0 aromatic heterocycles. The fraction of sp³-hybridized carbons (Fsp3) is 0.500. The highest BCUT2D eigenvalue weighted by Crippen LogP contribution is 2.10. The van der Waals surface area contributed by atoms with E-state index in [0.29, 0.717) is 0 Å². The van der Waals surface area contributed by atoms with Gasteiger partial charge in [0.15, 0.2) is 5.96 Å². The Bertz CT molecular complexity index is 1340. The predicted octanol–water partition coefficient (Wildman–Crippen LogP) is -4.98. The van der Waals surface area contributed by atoms with E-state index >= 15 is 0 Å². The molecule has 20 nitrogen and oxygen atoms in total. The summed E-state index contributed by atoms with van der Waals surface area (Å²) in [6.07, 6.45) is 0.291. The number of nitrogens with two attached hydrogens (primary N) is 5. The molecule has 272 valence electrons. The topological polar surface area (TPSA) is 354 Å². The summed E-state index contributed by atoms with van der Waals surface area (Å²) in [6, 6.07) is -0.787. The summed E-state index contributed by atoms with van der Waals surface area (Å²) in [5, 5.41) is 23.8. The van der Waals surface area contributed by atoms with Gasteiger partial charge in [-0.2, -0.15) is 12.6 Å². The van der Waals surface area contributed by atoms with E-state index in [0.717, 1.165) is 0 Å². The lowest BCUT2D eigenvalue weighted by molar-refractivity contribution is -0.134. The number of nitrogens with zero attached hydrogens (tertiary/aromatic N) is 1. The Morgan fingerprint density at radius 3 is 1.69 bits per heavy atom. The fourth-order valence-electron chi connectivity index (χ4n) is 4.05. The first kappa shape index (κ1) is 42.0. The second kappa shape index (κ2) is 21.8. The SMILES string of the molecule is C[C@@H](NC(=O)[C@@H](CCCN=C(N)N)NC(=O)[C@H](CN)NC(=O)[C@H](CN)NC(=O)[C@H](CCN)NC(=O)CS)C(=O)Nc1ccc(C(=O)O)cc1. The first-order valence-electron chi connectivity index (χ1n) is 15.1. The molecule has 0 aliphatic carbocycles. The Morgan fingerprint density at radius 2 is 1.22 bits per heavy atom. The van der Waals surface area contributed by atoms with Gasteiger partial charge < -0.3 is 65.7 Å². The van der Waals surface area contributed by atoms with Crippen molar-refractivity contribution in [2.24, 2.45) is 33.7 Å². The average molecular weight is 711 g/mol. The molecule has 1 rings (SSSR count). The molecule has 0 heterocycles. The van der Waals surface area contributed by atoms with Crippen molar-refractivity contribution in [2.45, 2.75) is 56.4 Å². The molecule has 0 aliphatic rings. The van der Waals surface area contributed by atoms with Crippen LogP contribution >= 0.6 is 12.6 Å². The minimum Gasteiger partial charge on any atom is -0.478 e. The summed E-state index contributed by atoms with van der Waals surface area (Å²) in [7, 11) is 0. The molecule has 1 aromatic rings. The third-order valence-corrected chi connectivity index (χ3v) is 7.00. The average Bonchev–Trinajstić information content (AvgIpc) is 3.06. The van der Waals surface area contributed by atoms with E-state index in [1.54, 1.807) is 0 Å². The molecule has 1 aromatic carbocycles. The van der Waals surface area contributed by atoms with Crippen LogP contribution in [0.1, 0.15) is 36.5 Å². The maximum Gasteiger partial charge on any atom is 0.335 e. The van der Waals surface area contributed by atoms with Crippen LogP contribution in [0.5, 0.6) is 0 Å². The van der Waals surface area contributed by atoms with E-state index in [1.165, 1.54) is 31.2 Å². The highest BCUT2D eigenvalue weighted by atomic mass is 32.1. The Labute approximate surface area is 287 Å². The number of amides is 6. The number of carboxylic acids is 1. The minimum absolute atomic E-state index is 0.00655. The number of benzene rings is 1. The quantitative estimate of drug-likeness (QED) is 0.0246. The first-order chi connectivity index (χ1) is 23.2. The standard InChI is InChI=1S/C28H46N12O8S/c1-14(22(42)36-16-6-4-15(5-7-16)27(47)48)35-23(43)17(3-2-10-34-28(32)33)38-25(45)19(11-30)40-26(46)20(12-31)39-24(44)18(8-9-29)37-21(41)13-49/h4-7,14,17-20,49H,2-3,8-13,29-31H2,1H3,(H,35,43)(H,36,42)(H,37,41)(H,38,45)(H,39,44)(H,40,46)(H,47,48)(H4,32,33,34)/t14-,17-,18+,19+,20+/m1/s1. The largest absolute Gasteiger partial charge is 0.478 e. The number of carbonyl (C=O) groups excluding carboxylic acids is 6. The number of guanidine groups is 1. The van der Waals surface area contributed by atoms with Gasteiger partial charge in [-0.05, 0) is 57.0 Å². The van der Waals surface area contributed by atoms with Crippen LogP contribution in [-0.2, 0) is 28.8 Å². The van der Waals surface area contributed by atoms with Gasteiger partial charge in [0, 0.05) is 25.3 Å². The summed E-state index contributed by atoms with van der Waals surface area (Å²) in [6.45, 7) is 0.749. The van der Waals surface area contributed by atoms with E-state index in [1.807, 2.05) is 0 Å². The van der Waals surface area contributed by atoms with Crippen LogP contribution in [0, 0.1) is 0 Å². The maximum atomic E-state index is 13.2. The number of anilines is 1. The zero-order valence-electron chi connectivity index (χ0n) is 26.9. The molecular weight excluding hydrogens is 664 g/mol. The lowest BCUT2D eigenvalue weighted by Gasteiger charge is -2.26. The van der Waals surface area contributed by atoms with E-state index in [-0.39, 0.29) is 61.9 Å². The van der Waals surface area contributed by atoms with E-state index in [4.69, 9.17) is 33.8 Å². The minimum atomic E-state index is -1.38. The molecule has 21 heteroatoms. The van der Waals surface area contributed by atoms with Crippen molar-refractivity contribution in [2.75, 3.05) is 37.2 Å². The van der Waals surface area contributed by atoms with Crippen LogP contribution in [-0.4, -0.2) is 115 Å². The number of aromatic carboxylic acids is 1. The van der Waals surface area contributed by atoms with Gasteiger partial charge in [0.2, 0.25) is 35.4 Å². The van der Waals surface area contributed by atoms with Crippen LogP contribution in [0.25, 0.3) is 0 Å². The maximum absolute atomic E-state index is 13.2. The predicted molar refractivity (Wildman–Crippen MR) is 183 cm³/mol. The lowest BCUT2D eigenvalue weighted by Crippen LogP contribution is -2.61. The third kappa shape index (κ3) is 15.2. The van der Waals surface area contributed by atoms with Gasteiger partial charge in [0.25, 0.3) is 0 Å². The Balaban J connectivity index is 2.99. The molecule has 0 spiro atoms. The third-order valence-electron chi connectivity index (χ3n) is 6.72. The Hall–Kier alpha value is -4.99. The van der Waals surface area contributed by atoms with Gasteiger partial charge in [-0.3, -0.25) is 33.8 Å². The number of thiol groups is 1. The van der Waals surface area contributed by atoms with Crippen molar-refractivity contribution < 1.29 is 38.7 Å². The molecule has 0 fully saturated rings. The van der Waals surface area contributed by atoms with Gasteiger partial charge in [-0.15, -0.1) is 0 Å². The second-order valence-corrected chi connectivity index (χ2v) is 10.9.